The van der Waals surface area contributed by atoms with Gasteiger partial charge in [-0.3, -0.25) is 9.59 Å². The van der Waals surface area contributed by atoms with E-state index < -0.39 is 12.0 Å². The van der Waals surface area contributed by atoms with Crippen molar-refractivity contribution in [2.24, 2.45) is 23.0 Å². The molecular formula is C13H22N2O3. The first kappa shape index (κ1) is 13.3. The first-order valence-electron chi connectivity index (χ1n) is 6.62. The summed E-state index contributed by atoms with van der Waals surface area (Å²) in [6, 6.07) is -0.435. The molecule has 2 fully saturated rings. The van der Waals surface area contributed by atoms with Crippen molar-refractivity contribution in [3.05, 3.63) is 0 Å². The summed E-state index contributed by atoms with van der Waals surface area (Å²) in [6.07, 6.45) is 2.35. The highest BCUT2D eigenvalue weighted by Crippen LogP contribution is 2.51. The molecule has 5 heteroatoms. The van der Waals surface area contributed by atoms with Gasteiger partial charge < -0.3 is 15.7 Å². The minimum atomic E-state index is -0.704. The average molecular weight is 254 g/mol. The Morgan fingerprint density at radius 2 is 2.00 bits per heavy atom. The van der Waals surface area contributed by atoms with Crippen LogP contribution in [0.3, 0.4) is 0 Å². The smallest absolute Gasteiger partial charge is 0.306 e. The largest absolute Gasteiger partial charge is 0.481 e. The number of aliphatic carboxylic acids is 1. The molecule has 1 aliphatic carbocycles. The molecule has 102 valence electrons. The van der Waals surface area contributed by atoms with Crippen molar-refractivity contribution in [1.82, 2.24) is 4.90 Å². The van der Waals surface area contributed by atoms with E-state index in [9.17, 15) is 9.59 Å². The van der Waals surface area contributed by atoms with Crippen molar-refractivity contribution < 1.29 is 14.7 Å². The van der Waals surface area contributed by atoms with E-state index in [2.05, 4.69) is 0 Å². The van der Waals surface area contributed by atoms with Gasteiger partial charge in [0.25, 0.3) is 0 Å². The second kappa shape index (κ2) is 4.53. The SMILES string of the molecule is CC(C)[C@@H](N)C(=O)N1CCC2(CC(C(=O)O)C2)C1. The summed E-state index contributed by atoms with van der Waals surface area (Å²) in [7, 11) is 0. The van der Waals surface area contributed by atoms with Crippen LogP contribution in [0.25, 0.3) is 0 Å². The summed E-state index contributed by atoms with van der Waals surface area (Å²) < 4.78 is 0. The van der Waals surface area contributed by atoms with Crippen molar-refractivity contribution in [1.29, 1.82) is 0 Å². The molecule has 1 saturated carbocycles. The Balaban J connectivity index is 1.90. The highest BCUT2D eigenvalue weighted by atomic mass is 16.4. The van der Waals surface area contributed by atoms with E-state index in [-0.39, 0.29) is 23.2 Å². The molecule has 1 atom stereocenters. The van der Waals surface area contributed by atoms with Gasteiger partial charge in [-0.05, 0) is 30.6 Å². The molecule has 1 amide bonds. The number of hydrogen-bond acceptors (Lipinski definition) is 3. The van der Waals surface area contributed by atoms with E-state index in [0.29, 0.717) is 19.4 Å². The number of likely N-dealkylation sites (tertiary alicyclic amines) is 1. The summed E-state index contributed by atoms with van der Waals surface area (Å²) in [6.45, 7) is 5.30. The molecular weight excluding hydrogens is 232 g/mol. The summed E-state index contributed by atoms with van der Waals surface area (Å²) in [5.74, 6) is -0.758. The molecule has 0 aromatic rings. The van der Waals surface area contributed by atoms with Gasteiger partial charge in [0.1, 0.15) is 0 Å². The molecule has 0 aromatic carbocycles. The van der Waals surface area contributed by atoms with Gasteiger partial charge in [-0.2, -0.15) is 0 Å². The van der Waals surface area contributed by atoms with E-state index in [0.717, 1.165) is 13.0 Å². The third-order valence-corrected chi connectivity index (χ3v) is 4.46. The number of rotatable bonds is 3. The first-order valence-corrected chi connectivity index (χ1v) is 6.62. The Morgan fingerprint density at radius 3 is 2.50 bits per heavy atom. The van der Waals surface area contributed by atoms with Crippen LogP contribution in [-0.2, 0) is 9.59 Å². The van der Waals surface area contributed by atoms with Gasteiger partial charge in [0.2, 0.25) is 5.91 Å². The van der Waals surface area contributed by atoms with E-state index in [1.54, 1.807) is 0 Å². The lowest BCUT2D eigenvalue weighted by molar-refractivity contribution is -0.149. The van der Waals surface area contributed by atoms with Gasteiger partial charge in [-0.25, -0.2) is 0 Å². The third kappa shape index (κ3) is 2.23. The van der Waals surface area contributed by atoms with E-state index in [1.807, 2.05) is 18.7 Å². The molecule has 2 rings (SSSR count). The Kier molecular flexibility index (Phi) is 3.36. The maximum atomic E-state index is 12.1. The summed E-state index contributed by atoms with van der Waals surface area (Å²) >= 11 is 0. The molecule has 0 bridgehead atoms. The van der Waals surface area contributed by atoms with Crippen molar-refractivity contribution in [3.8, 4) is 0 Å². The zero-order chi connectivity index (χ0) is 13.5. The van der Waals surface area contributed by atoms with Gasteiger partial charge in [-0.15, -0.1) is 0 Å². The minimum absolute atomic E-state index is 0.0145. The zero-order valence-electron chi connectivity index (χ0n) is 11.1. The maximum absolute atomic E-state index is 12.1. The fraction of sp³-hybridized carbons (Fsp3) is 0.846. The van der Waals surface area contributed by atoms with Crippen LogP contribution in [0, 0.1) is 17.3 Å². The lowest BCUT2D eigenvalue weighted by Gasteiger charge is -2.43. The van der Waals surface area contributed by atoms with Crippen LogP contribution in [0.5, 0.6) is 0 Å². The lowest BCUT2D eigenvalue weighted by Crippen LogP contribution is -2.48. The van der Waals surface area contributed by atoms with Gasteiger partial charge in [0, 0.05) is 13.1 Å². The number of carbonyl (C=O) groups is 2. The van der Waals surface area contributed by atoms with Gasteiger partial charge in [-0.1, -0.05) is 13.8 Å². The number of amides is 1. The summed E-state index contributed by atoms with van der Waals surface area (Å²) in [4.78, 5) is 24.8. The van der Waals surface area contributed by atoms with Crippen LogP contribution in [0.2, 0.25) is 0 Å². The molecule has 18 heavy (non-hydrogen) atoms. The molecule has 1 saturated heterocycles. The van der Waals surface area contributed by atoms with E-state index in [1.165, 1.54) is 0 Å². The van der Waals surface area contributed by atoms with Crippen LogP contribution in [0.15, 0.2) is 0 Å². The Bertz CT molecular complexity index is 361. The van der Waals surface area contributed by atoms with Crippen LogP contribution in [0.1, 0.15) is 33.1 Å². The van der Waals surface area contributed by atoms with Gasteiger partial charge in [0.15, 0.2) is 0 Å². The van der Waals surface area contributed by atoms with Crippen molar-refractivity contribution in [2.45, 2.75) is 39.2 Å². The zero-order valence-corrected chi connectivity index (χ0v) is 11.1. The number of nitrogens with zero attached hydrogens (tertiary/aromatic N) is 1. The quantitative estimate of drug-likeness (QED) is 0.776. The van der Waals surface area contributed by atoms with Crippen LogP contribution in [-0.4, -0.2) is 41.0 Å². The maximum Gasteiger partial charge on any atom is 0.306 e. The van der Waals surface area contributed by atoms with Crippen LogP contribution < -0.4 is 5.73 Å². The lowest BCUT2D eigenvalue weighted by atomic mass is 9.61. The Hall–Kier alpha value is -1.10. The van der Waals surface area contributed by atoms with Gasteiger partial charge in [0.05, 0.1) is 12.0 Å². The summed E-state index contributed by atoms with van der Waals surface area (Å²) in [5.41, 5.74) is 5.94. The Labute approximate surface area is 107 Å². The second-order valence-corrected chi connectivity index (χ2v) is 6.22. The Morgan fingerprint density at radius 1 is 1.39 bits per heavy atom. The molecule has 0 radical (unpaired) electrons. The predicted octanol–water partition coefficient (Wildman–Crippen LogP) is 0.683. The standard InChI is InChI=1S/C13H22N2O3/c1-8(2)10(14)11(16)15-4-3-13(7-15)5-9(6-13)12(17)18/h8-10H,3-7,14H2,1-2H3,(H,17,18)/t9?,10-,13?/m1/s1. The van der Waals surface area contributed by atoms with Crippen molar-refractivity contribution in [2.75, 3.05) is 13.1 Å². The van der Waals surface area contributed by atoms with Gasteiger partial charge >= 0.3 is 5.97 Å². The number of hydrogen-bond donors (Lipinski definition) is 2. The normalized spacial score (nSPS) is 32.7. The number of carbonyl (C=O) groups excluding carboxylic acids is 1. The molecule has 1 aliphatic heterocycles. The number of carboxylic acids is 1. The van der Waals surface area contributed by atoms with Crippen LogP contribution in [0.4, 0.5) is 0 Å². The number of nitrogens with two attached hydrogens (primary N) is 1. The average Bonchev–Trinajstić information content (AvgIpc) is 2.69. The van der Waals surface area contributed by atoms with E-state index in [4.69, 9.17) is 10.8 Å². The fourth-order valence-electron chi connectivity index (χ4n) is 3.11. The van der Waals surface area contributed by atoms with E-state index >= 15 is 0 Å². The molecule has 3 N–H and O–H groups in total. The topological polar surface area (TPSA) is 83.6 Å². The van der Waals surface area contributed by atoms with Crippen molar-refractivity contribution >= 4 is 11.9 Å². The third-order valence-electron chi connectivity index (χ3n) is 4.46. The molecule has 1 spiro atoms. The molecule has 2 aliphatic rings. The minimum Gasteiger partial charge on any atom is -0.481 e. The molecule has 5 nitrogen and oxygen atoms in total. The van der Waals surface area contributed by atoms with Crippen molar-refractivity contribution in [3.63, 3.8) is 0 Å². The summed E-state index contributed by atoms with van der Waals surface area (Å²) in [5, 5.41) is 8.91. The first-order chi connectivity index (χ1) is 8.34. The second-order valence-electron chi connectivity index (χ2n) is 6.22. The highest BCUT2D eigenvalue weighted by Gasteiger charge is 2.52. The van der Waals surface area contributed by atoms with Crippen LogP contribution >= 0.6 is 0 Å². The number of carboxylic acid groups (broad SMARTS) is 1. The highest BCUT2D eigenvalue weighted by molar-refractivity contribution is 5.82. The molecule has 0 aromatic heterocycles. The fourth-order valence-corrected chi connectivity index (χ4v) is 3.11. The monoisotopic (exact) mass is 254 g/mol. The molecule has 0 unspecified atom stereocenters. The predicted molar refractivity (Wildman–Crippen MR) is 66.8 cm³/mol. The molecule has 1 heterocycles.